The Hall–Kier alpha value is -1.36. The van der Waals surface area contributed by atoms with Crippen LogP contribution in [0.25, 0.3) is 0 Å². The van der Waals surface area contributed by atoms with Crippen LogP contribution in [-0.4, -0.2) is 28.5 Å². The first-order valence-electron chi connectivity index (χ1n) is 6.18. The molecular formula is C12H22N4O. The van der Waals surface area contributed by atoms with Crippen LogP contribution in [0.1, 0.15) is 26.2 Å². The van der Waals surface area contributed by atoms with Crippen molar-refractivity contribution in [1.29, 1.82) is 0 Å². The van der Waals surface area contributed by atoms with Gasteiger partial charge in [0, 0.05) is 31.9 Å². The molecule has 96 valence electrons. The van der Waals surface area contributed by atoms with Crippen LogP contribution >= 0.6 is 0 Å². The molecule has 0 bridgehead atoms. The molecule has 1 aromatic heterocycles. The molecule has 1 atom stereocenters. The summed E-state index contributed by atoms with van der Waals surface area (Å²) in [4.78, 5) is 15.5. The molecule has 1 aromatic rings. The first-order chi connectivity index (χ1) is 8.26. The van der Waals surface area contributed by atoms with Crippen molar-refractivity contribution in [3.8, 4) is 0 Å². The summed E-state index contributed by atoms with van der Waals surface area (Å²) in [6.45, 7) is 4.23. The van der Waals surface area contributed by atoms with Gasteiger partial charge in [0.05, 0.1) is 6.33 Å². The summed E-state index contributed by atoms with van der Waals surface area (Å²) in [5, 5.41) is 2.92. The molecule has 0 fully saturated rings. The van der Waals surface area contributed by atoms with Gasteiger partial charge in [-0.1, -0.05) is 13.3 Å². The van der Waals surface area contributed by atoms with Crippen molar-refractivity contribution in [2.24, 2.45) is 11.7 Å². The fraction of sp³-hybridized carbons (Fsp3) is 0.667. The third-order valence-corrected chi connectivity index (χ3v) is 2.86. The van der Waals surface area contributed by atoms with Crippen LogP contribution in [0, 0.1) is 5.92 Å². The lowest BCUT2D eigenvalue weighted by Crippen LogP contribution is -2.29. The van der Waals surface area contributed by atoms with Crippen LogP contribution in [0.4, 0.5) is 0 Å². The van der Waals surface area contributed by atoms with Crippen molar-refractivity contribution < 1.29 is 4.79 Å². The second-order valence-corrected chi connectivity index (χ2v) is 4.22. The summed E-state index contributed by atoms with van der Waals surface area (Å²) in [6, 6.07) is 0. The van der Waals surface area contributed by atoms with Crippen molar-refractivity contribution in [2.45, 2.75) is 32.7 Å². The maximum Gasteiger partial charge on any atom is 0.220 e. The molecule has 3 N–H and O–H groups in total. The first kappa shape index (κ1) is 13.7. The predicted molar refractivity (Wildman–Crippen MR) is 67.3 cm³/mol. The van der Waals surface area contributed by atoms with Crippen LogP contribution in [0.2, 0.25) is 0 Å². The maximum atomic E-state index is 11.5. The molecule has 0 aliphatic heterocycles. The average molecular weight is 238 g/mol. The number of aryl methyl sites for hydroxylation is 1. The summed E-state index contributed by atoms with van der Waals surface area (Å²) in [7, 11) is 0. The third-order valence-electron chi connectivity index (χ3n) is 2.86. The number of rotatable bonds is 8. The Balaban J connectivity index is 2.07. The highest BCUT2D eigenvalue weighted by molar-refractivity contribution is 5.76. The van der Waals surface area contributed by atoms with E-state index in [0.29, 0.717) is 25.4 Å². The van der Waals surface area contributed by atoms with Gasteiger partial charge in [0.1, 0.15) is 0 Å². The quantitative estimate of drug-likeness (QED) is 0.657. The Morgan fingerprint density at radius 1 is 1.59 bits per heavy atom. The summed E-state index contributed by atoms with van der Waals surface area (Å²) in [5.74, 6) is 0.413. The zero-order valence-electron chi connectivity index (χ0n) is 10.4. The highest BCUT2D eigenvalue weighted by atomic mass is 16.1. The smallest absolute Gasteiger partial charge is 0.220 e. The van der Waals surface area contributed by atoms with Crippen LogP contribution < -0.4 is 11.1 Å². The number of nitrogens with zero attached hydrogens (tertiary/aromatic N) is 2. The normalized spacial score (nSPS) is 12.4. The van der Waals surface area contributed by atoms with Gasteiger partial charge in [-0.3, -0.25) is 4.79 Å². The first-order valence-corrected chi connectivity index (χ1v) is 6.18. The Morgan fingerprint density at radius 2 is 2.41 bits per heavy atom. The van der Waals surface area contributed by atoms with Crippen LogP contribution in [0.3, 0.4) is 0 Å². The van der Waals surface area contributed by atoms with E-state index in [1.165, 1.54) is 0 Å². The number of hydrogen-bond acceptors (Lipinski definition) is 3. The number of carbonyl (C=O) groups is 1. The third kappa shape index (κ3) is 5.49. The topological polar surface area (TPSA) is 72.9 Å². The minimum atomic E-state index is 0.105. The van der Waals surface area contributed by atoms with Crippen molar-refractivity contribution in [3.05, 3.63) is 18.7 Å². The van der Waals surface area contributed by atoms with E-state index in [-0.39, 0.29) is 5.91 Å². The molecule has 0 saturated heterocycles. The van der Waals surface area contributed by atoms with Crippen LogP contribution in [-0.2, 0) is 11.3 Å². The fourth-order valence-electron chi connectivity index (χ4n) is 1.64. The van der Waals surface area contributed by atoms with Crippen molar-refractivity contribution in [3.63, 3.8) is 0 Å². The summed E-state index contributed by atoms with van der Waals surface area (Å²) < 4.78 is 2.00. The molecule has 17 heavy (non-hydrogen) atoms. The van der Waals surface area contributed by atoms with E-state index in [0.717, 1.165) is 19.4 Å². The highest BCUT2D eigenvalue weighted by Gasteiger charge is 2.09. The molecule has 1 heterocycles. The van der Waals surface area contributed by atoms with E-state index in [2.05, 4.69) is 17.2 Å². The monoisotopic (exact) mass is 238 g/mol. The lowest BCUT2D eigenvalue weighted by Gasteiger charge is -2.11. The number of nitrogens with one attached hydrogen (secondary N) is 1. The van der Waals surface area contributed by atoms with E-state index >= 15 is 0 Å². The van der Waals surface area contributed by atoms with Crippen LogP contribution in [0.5, 0.6) is 0 Å². The molecule has 1 amide bonds. The van der Waals surface area contributed by atoms with Crippen molar-refractivity contribution >= 4 is 5.91 Å². The van der Waals surface area contributed by atoms with Gasteiger partial charge in [0.15, 0.2) is 0 Å². The molecule has 5 nitrogen and oxygen atoms in total. The van der Waals surface area contributed by atoms with E-state index in [1.807, 2.05) is 10.8 Å². The average Bonchev–Trinajstić information content (AvgIpc) is 2.84. The van der Waals surface area contributed by atoms with Crippen molar-refractivity contribution in [2.75, 3.05) is 13.1 Å². The summed E-state index contributed by atoms with van der Waals surface area (Å²) in [5.41, 5.74) is 5.56. The molecule has 0 aromatic carbocycles. The van der Waals surface area contributed by atoms with E-state index in [1.54, 1.807) is 12.5 Å². The molecule has 0 saturated carbocycles. The largest absolute Gasteiger partial charge is 0.356 e. The molecule has 1 rings (SSSR count). The van der Waals surface area contributed by atoms with Crippen molar-refractivity contribution in [1.82, 2.24) is 14.9 Å². The van der Waals surface area contributed by atoms with E-state index in [9.17, 15) is 4.79 Å². The van der Waals surface area contributed by atoms with E-state index < -0.39 is 0 Å². The van der Waals surface area contributed by atoms with Gasteiger partial charge in [0.25, 0.3) is 0 Å². The molecule has 5 heteroatoms. The number of aromatic nitrogens is 2. The number of carbonyl (C=O) groups excluding carboxylic acids is 1. The zero-order chi connectivity index (χ0) is 12.5. The lowest BCUT2D eigenvalue weighted by atomic mass is 10.0. The van der Waals surface area contributed by atoms with Gasteiger partial charge in [-0.2, -0.15) is 0 Å². The van der Waals surface area contributed by atoms with Gasteiger partial charge in [-0.25, -0.2) is 4.98 Å². The Kier molecular flexibility index (Phi) is 6.32. The number of hydrogen-bond donors (Lipinski definition) is 2. The second kappa shape index (κ2) is 7.84. The number of amides is 1. The fourth-order valence-corrected chi connectivity index (χ4v) is 1.64. The summed E-state index contributed by atoms with van der Waals surface area (Å²) >= 11 is 0. The predicted octanol–water partition coefficient (Wildman–Crippen LogP) is 0.764. The minimum absolute atomic E-state index is 0.105. The van der Waals surface area contributed by atoms with Gasteiger partial charge in [-0.05, 0) is 18.9 Å². The molecule has 1 unspecified atom stereocenters. The van der Waals surface area contributed by atoms with E-state index in [4.69, 9.17) is 5.73 Å². The Bertz CT molecular complexity index is 306. The Morgan fingerprint density at radius 3 is 3.00 bits per heavy atom. The molecule has 0 aliphatic carbocycles. The molecule has 0 spiro atoms. The molecular weight excluding hydrogens is 216 g/mol. The van der Waals surface area contributed by atoms with Gasteiger partial charge in [0.2, 0.25) is 5.91 Å². The SMILES string of the molecule is CCC(CN)CC(=O)NCCCn1ccnc1. The van der Waals surface area contributed by atoms with Gasteiger partial charge in [-0.15, -0.1) is 0 Å². The Labute approximate surface area is 102 Å². The standard InChI is InChI=1S/C12H22N4O/c1-2-11(9-13)8-12(17)15-4-3-6-16-7-5-14-10-16/h5,7,10-11H,2-4,6,8-9,13H2,1H3,(H,15,17). The maximum absolute atomic E-state index is 11.5. The highest BCUT2D eigenvalue weighted by Crippen LogP contribution is 2.05. The number of nitrogens with two attached hydrogens (primary N) is 1. The molecule has 0 radical (unpaired) electrons. The second-order valence-electron chi connectivity index (χ2n) is 4.22. The number of imidazole rings is 1. The molecule has 0 aliphatic rings. The zero-order valence-corrected chi connectivity index (χ0v) is 10.4. The van der Waals surface area contributed by atoms with Gasteiger partial charge < -0.3 is 15.6 Å². The lowest BCUT2D eigenvalue weighted by molar-refractivity contribution is -0.122. The minimum Gasteiger partial charge on any atom is -0.356 e. The summed E-state index contributed by atoms with van der Waals surface area (Å²) in [6.07, 6.45) is 7.87. The van der Waals surface area contributed by atoms with Gasteiger partial charge >= 0.3 is 0 Å². The van der Waals surface area contributed by atoms with Crippen LogP contribution in [0.15, 0.2) is 18.7 Å².